The third-order valence-corrected chi connectivity index (χ3v) is 14.1. The third kappa shape index (κ3) is 9.01. The molecule has 3 aliphatic heterocycles. The number of hydrogen-bond acceptors (Lipinski definition) is 15. The number of aromatic hydroxyl groups is 2. The Morgan fingerprint density at radius 2 is 1.71 bits per heavy atom. The number of benzene rings is 2. The second-order valence-electron chi connectivity index (χ2n) is 16.7. The summed E-state index contributed by atoms with van der Waals surface area (Å²) >= 11 is 1.85. The van der Waals surface area contributed by atoms with Crippen LogP contribution >= 0.6 is 11.8 Å². The van der Waals surface area contributed by atoms with Crippen LogP contribution in [0.25, 0.3) is 0 Å². The minimum atomic E-state index is -2.34. The van der Waals surface area contributed by atoms with E-state index < -0.39 is 95.7 Å². The maximum Gasteiger partial charge on any atom is 0.315 e. The highest BCUT2D eigenvalue weighted by Gasteiger charge is 2.50. The van der Waals surface area contributed by atoms with Crippen LogP contribution in [0.5, 0.6) is 17.2 Å². The second kappa shape index (κ2) is 18.9. The lowest BCUT2D eigenvalue weighted by atomic mass is 9.72. The Labute approximate surface area is 361 Å². The van der Waals surface area contributed by atoms with Gasteiger partial charge < -0.3 is 61.0 Å². The number of Topliss-reactive ketones (excluding diaryl/α,β-unsaturated/α-hetero) is 1. The minimum Gasteiger partial charge on any atom is -0.507 e. The van der Waals surface area contributed by atoms with E-state index in [0.29, 0.717) is 37.5 Å². The number of hydrogen-bond donors (Lipinski definition) is 9. The van der Waals surface area contributed by atoms with Crippen molar-refractivity contribution in [3.05, 3.63) is 51.6 Å². The molecule has 18 nitrogen and oxygen atoms in total. The molecule has 2 aliphatic carbocycles. The molecule has 9 atom stereocenters. The molecule has 3 saturated heterocycles. The average molecular weight is 883 g/mol. The standard InChI is InChI=1S/C43H54N4O14S/c1-20-37(52)23(45-30(51)13-4-3-7-14-44-29(50)12-6-5-11-27-36-24(19-62-27)46-42(57)47-36)15-31(60-20)61-26-17-43(58,28(49)18-48)16-22-33(26)41(56)35-34(39(22)54)38(53)21-9-8-10-25(59-2)32(21)40(35)55/h8-10,20,23-24,26-27,31,36-37,48,52,54,56,58H,3-7,11-19H2,1-2H3,(H,44,50)(H,45,51)(H2,46,47,57)/t20-,23-,24-,26-,27-,31-,36-,37+,43-/m0/s1. The molecule has 62 heavy (non-hydrogen) atoms. The van der Waals surface area contributed by atoms with E-state index in [4.69, 9.17) is 14.2 Å². The Morgan fingerprint density at radius 3 is 2.47 bits per heavy atom. The molecule has 3 heterocycles. The molecule has 2 aromatic carbocycles. The number of methoxy groups -OCH3 is 1. The highest BCUT2D eigenvalue weighted by Crippen LogP contribution is 2.52. The number of carbonyl (C=O) groups excluding carboxylic acids is 6. The van der Waals surface area contributed by atoms with Gasteiger partial charge >= 0.3 is 6.03 Å². The van der Waals surface area contributed by atoms with Gasteiger partial charge in [0.05, 0.1) is 54.1 Å². The second-order valence-corrected chi connectivity index (χ2v) is 18.0. The summed E-state index contributed by atoms with van der Waals surface area (Å²) in [5.41, 5.74) is -4.00. The van der Waals surface area contributed by atoms with Gasteiger partial charge in [-0.3, -0.25) is 24.0 Å². The van der Waals surface area contributed by atoms with Gasteiger partial charge in [0.25, 0.3) is 0 Å². The zero-order valence-electron chi connectivity index (χ0n) is 34.6. The number of ketones is 3. The number of phenolic OH excluding ortho intramolecular Hbond substituents is 2. The first-order chi connectivity index (χ1) is 29.6. The normalized spacial score (nSPS) is 28.5. The Kier molecular flexibility index (Phi) is 13.8. The van der Waals surface area contributed by atoms with Crippen LogP contribution in [0.15, 0.2) is 18.2 Å². The summed E-state index contributed by atoms with van der Waals surface area (Å²) < 4.78 is 17.5. The lowest BCUT2D eigenvalue weighted by Gasteiger charge is -2.43. The van der Waals surface area contributed by atoms with E-state index >= 15 is 0 Å². The van der Waals surface area contributed by atoms with Gasteiger partial charge in [0.1, 0.15) is 35.6 Å². The Balaban J connectivity index is 0.935. The summed E-state index contributed by atoms with van der Waals surface area (Å²) in [6, 6.07) is 3.68. The summed E-state index contributed by atoms with van der Waals surface area (Å²) in [6.45, 7) is 0.956. The van der Waals surface area contributed by atoms with Crippen LogP contribution in [-0.4, -0.2) is 134 Å². The predicted octanol–water partition coefficient (Wildman–Crippen LogP) is 1.56. The van der Waals surface area contributed by atoms with Crippen LogP contribution in [0, 0.1) is 0 Å². The molecule has 9 N–H and O–H groups in total. The highest BCUT2D eigenvalue weighted by atomic mass is 32.2. The van der Waals surface area contributed by atoms with E-state index in [1.165, 1.54) is 25.3 Å². The number of phenols is 2. The van der Waals surface area contributed by atoms with Crippen molar-refractivity contribution in [2.24, 2.45) is 0 Å². The maximum absolute atomic E-state index is 14.0. The van der Waals surface area contributed by atoms with Crippen molar-refractivity contribution in [3.63, 3.8) is 0 Å². The van der Waals surface area contributed by atoms with Gasteiger partial charge in [-0.15, -0.1) is 0 Å². The molecule has 0 bridgehead atoms. The topological polar surface area (TPSA) is 279 Å². The number of aliphatic hydroxyl groups excluding tert-OH is 2. The first kappa shape index (κ1) is 45.2. The number of unbranched alkanes of at least 4 members (excludes halogenated alkanes) is 3. The van der Waals surface area contributed by atoms with Crippen LogP contribution in [0.4, 0.5) is 4.79 Å². The van der Waals surface area contributed by atoms with E-state index in [1.54, 1.807) is 6.92 Å². The molecular weight excluding hydrogens is 829 g/mol. The zero-order valence-corrected chi connectivity index (χ0v) is 35.4. The summed E-state index contributed by atoms with van der Waals surface area (Å²) in [6.07, 6.45) is -1.03. The van der Waals surface area contributed by atoms with Crippen molar-refractivity contribution >= 4 is 47.0 Å². The fraction of sp³-hybridized carbons (Fsp3) is 0.581. The number of urea groups is 1. The molecule has 0 spiro atoms. The van der Waals surface area contributed by atoms with Gasteiger partial charge in [0.15, 0.2) is 17.9 Å². The van der Waals surface area contributed by atoms with Crippen molar-refractivity contribution in [2.45, 2.75) is 131 Å². The summed E-state index contributed by atoms with van der Waals surface area (Å²) in [5, 5.41) is 67.8. The lowest BCUT2D eigenvalue weighted by molar-refractivity contribution is -0.249. The lowest BCUT2D eigenvalue weighted by Crippen LogP contribution is -2.55. The molecule has 19 heteroatoms. The molecule has 7 rings (SSSR count). The highest BCUT2D eigenvalue weighted by molar-refractivity contribution is 8.00. The van der Waals surface area contributed by atoms with Crippen LogP contribution in [0.3, 0.4) is 0 Å². The largest absolute Gasteiger partial charge is 0.507 e. The number of amides is 4. The number of carbonyl (C=O) groups is 6. The molecule has 2 aromatic rings. The van der Waals surface area contributed by atoms with Gasteiger partial charge in [-0.25, -0.2) is 4.79 Å². The first-order valence-electron chi connectivity index (χ1n) is 21.1. The molecule has 0 radical (unpaired) electrons. The van der Waals surface area contributed by atoms with Gasteiger partial charge in [0.2, 0.25) is 17.6 Å². The molecule has 4 amide bonds. The first-order valence-corrected chi connectivity index (χ1v) is 22.2. The van der Waals surface area contributed by atoms with Crippen LogP contribution in [0.2, 0.25) is 0 Å². The summed E-state index contributed by atoms with van der Waals surface area (Å²) in [4.78, 5) is 77.7. The smallest absolute Gasteiger partial charge is 0.315 e. The van der Waals surface area contributed by atoms with E-state index in [-0.39, 0.29) is 70.8 Å². The van der Waals surface area contributed by atoms with Crippen molar-refractivity contribution in [3.8, 4) is 17.2 Å². The number of thioether (sulfide) groups is 1. The number of rotatable bonds is 17. The Hall–Kier alpha value is -4.79. The van der Waals surface area contributed by atoms with E-state index in [2.05, 4.69) is 21.3 Å². The number of fused-ring (bicyclic) bond motifs is 4. The van der Waals surface area contributed by atoms with Crippen molar-refractivity contribution in [1.82, 2.24) is 21.3 Å². The minimum absolute atomic E-state index is 0.0299. The van der Waals surface area contributed by atoms with E-state index in [9.17, 15) is 54.3 Å². The van der Waals surface area contributed by atoms with Gasteiger partial charge in [-0.05, 0) is 38.7 Å². The third-order valence-electron chi connectivity index (χ3n) is 12.6. The van der Waals surface area contributed by atoms with Gasteiger partial charge in [-0.1, -0.05) is 25.0 Å². The van der Waals surface area contributed by atoms with Crippen LogP contribution in [-0.2, 0) is 30.3 Å². The predicted molar refractivity (Wildman–Crippen MR) is 221 cm³/mol. The molecule has 0 saturated carbocycles. The fourth-order valence-electron chi connectivity index (χ4n) is 9.32. The quantitative estimate of drug-likeness (QED) is 0.0529. The van der Waals surface area contributed by atoms with Crippen molar-refractivity contribution in [1.29, 1.82) is 0 Å². The van der Waals surface area contributed by atoms with Gasteiger partial charge in [-0.2, -0.15) is 11.8 Å². The molecule has 5 aliphatic rings. The Morgan fingerprint density at radius 1 is 0.968 bits per heavy atom. The number of ether oxygens (including phenoxy) is 3. The van der Waals surface area contributed by atoms with Crippen LogP contribution < -0.4 is 26.0 Å². The van der Waals surface area contributed by atoms with Crippen molar-refractivity contribution in [2.75, 3.05) is 26.0 Å². The van der Waals surface area contributed by atoms with Crippen LogP contribution in [0.1, 0.15) is 120 Å². The fourth-order valence-corrected chi connectivity index (χ4v) is 10.9. The van der Waals surface area contributed by atoms with E-state index in [1.807, 2.05) is 11.8 Å². The van der Waals surface area contributed by atoms with Crippen molar-refractivity contribution < 1.29 is 68.5 Å². The molecule has 0 aromatic heterocycles. The summed E-state index contributed by atoms with van der Waals surface area (Å²) in [5.74, 6) is -3.51. The zero-order chi connectivity index (χ0) is 44.5. The molecule has 3 fully saturated rings. The average Bonchev–Trinajstić information content (AvgIpc) is 3.80. The molecule has 0 unspecified atom stereocenters. The number of aliphatic hydroxyl groups is 3. The monoisotopic (exact) mass is 882 g/mol. The molecular formula is C43H54N4O14S. The summed E-state index contributed by atoms with van der Waals surface area (Å²) in [7, 11) is 1.31. The Bertz CT molecular complexity index is 2120. The number of nitrogens with one attached hydrogen (secondary N) is 4. The SMILES string of the molecule is COc1cccc2c1C(=O)c1c(O)c3c(c(O)c1C2=O)C[C@@](O)(C(=O)CO)C[C@@H]3O[C@H]1C[C@H](NC(=O)CCCCCNC(=O)CCCC[C@@H]2SC[C@@H]3NC(=O)N[C@@H]32)[C@H](O)[C@H](C)O1. The van der Waals surface area contributed by atoms with E-state index in [0.717, 1.165) is 25.0 Å². The maximum atomic E-state index is 14.0. The van der Waals surface area contributed by atoms with Gasteiger partial charge in [0, 0.05) is 66.3 Å². The molecule has 336 valence electrons.